The van der Waals surface area contributed by atoms with E-state index in [1.165, 1.54) is 0 Å². The lowest BCUT2D eigenvalue weighted by Crippen LogP contribution is -2.24. The Labute approximate surface area is 113 Å². The van der Waals surface area contributed by atoms with Crippen LogP contribution in [0, 0.1) is 11.3 Å². The van der Waals surface area contributed by atoms with Gasteiger partial charge >= 0.3 is 0 Å². The maximum absolute atomic E-state index is 8.08. The molecule has 18 heavy (non-hydrogen) atoms. The minimum Gasteiger partial charge on any atom is -0.384 e. The van der Waals surface area contributed by atoms with Gasteiger partial charge in [0, 0.05) is 19.0 Å². The number of benzene rings is 2. The fourth-order valence-electron chi connectivity index (χ4n) is 1.84. The summed E-state index contributed by atoms with van der Waals surface area (Å²) in [5, 5.41) is 5.50. The first kappa shape index (κ1) is 10.4. The molecule has 0 saturated heterocycles. The molecule has 0 spiro atoms. The first-order valence-corrected chi connectivity index (χ1v) is 6.45. The van der Waals surface area contributed by atoms with Crippen molar-refractivity contribution in [2.24, 2.45) is 11.3 Å². The molecule has 2 rings (SSSR count). The predicted molar refractivity (Wildman–Crippen MR) is 81.1 cm³/mol. The number of nitrogens with one attached hydrogen (secondary N) is 1. The number of hydrogen-bond donors (Lipinski definition) is 1. The molecular formula is C17H23N. The lowest BCUT2D eigenvalue weighted by atomic mass is 9.82. The molecule has 0 amide bonds. The summed E-state index contributed by atoms with van der Waals surface area (Å²) < 4.78 is 15.8. The molecule has 2 aromatic rings. The highest BCUT2D eigenvalue weighted by Gasteiger charge is 2.19. The molecule has 1 nitrogen and oxygen atoms in total. The summed E-state index contributed by atoms with van der Waals surface area (Å²) in [6.45, 7) is 7.70. The zero-order valence-electron chi connectivity index (χ0n) is 13.5. The smallest absolute Gasteiger partial charge is 0.0630 e. The van der Waals surface area contributed by atoms with Gasteiger partial charge in [-0.2, -0.15) is 0 Å². The minimum atomic E-state index is 0.114. The SMILES string of the molecule is [2H]CC(CNc1cccc2cccc([2H])c12)C(C)(C)C. The van der Waals surface area contributed by atoms with E-state index in [0.717, 1.165) is 23.0 Å². The molecule has 0 heterocycles. The van der Waals surface area contributed by atoms with Crippen LogP contribution in [0.3, 0.4) is 0 Å². The summed E-state index contributed by atoms with van der Waals surface area (Å²) in [4.78, 5) is 0. The first-order valence-electron chi connectivity index (χ1n) is 7.65. The lowest BCUT2D eigenvalue weighted by molar-refractivity contribution is 0.275. The average molecular weight is 243 g/mol. The maximum atomic E-state index is 8.08. The van der Waals surface area contributed by atoms with Crippen molar-refractivity contribution in [1.29, 1.82) is 0 Å². The molecule has 0 radical (unpaired) electrons. The van der Waals surface area contributed by atoms with Gasteiger partial charge in [-0.1, -0.05) is 64.0 Å². The van der Waals surface area contributed by atoms with Crippen molar-refractivity contribution in [3.8, 4) is 0 Å². The Balaban J connectivity index is 2.26. The van der Waals surface area contributed by atoms with Crippen molar-refractivity contribution in [2.45, 2.75) is 27.7 Å². The molecule has 1 N–H and O–H groups in total. The normalized spacial score (nSPS) is 15.1. The van der Waals surface area contributed by atoms with Crippen molar-refractivity contribution < 1.29 is 2.74 Å². The van der Waals surface area contributed by atoms with Gasteiger partial charge in [0.05, 0.1) is 1.37 Å². The monoisotopic (exact) mass is 243 g/mol. The Bertz CT molecular complexity index is 582. The van der Waals surface area contributed by atoms with E-state index in [4.69, 9.17) is 2.74 Å². The zero-order valence-corrected chi connectivity index (χ0v) is 11.5. The summed E-state index contributed by atoms with van der Waals surface area (Å²) in [7, 11) is 0. The largest absolute Gasteiger partial charge is 0.384 e. The van der Waals surface area contributed by atoms with Crippen molar-refractivity contribution in [1.82, 2.24) is 0 Å². The average Bonchev–Trinajstić information content (AvgIpc) is 2.38. The lowest BCUT2D eigenvalue weighted by Gasteiger charge is -2.28. The van der Waals surface area contributed by atoms with Gasteiger partial charge in [-0.3, -0.25) is 0 Å². The van der Waals surface area contributed by atoms with Crippen LogP contribution in [-0.2, 0) is 0 Å². The van der Waals surface area contributed by atoms with Crippen LogP contribution in [0.2, 0.25) is 0 Å². The summed E-state index contributed by atoms with van der Waals surface area (Å²) >= 11 is 0. The Morgan fingerprint density at radius 1 is 1.22 bits per heavy atom. The van der Waals surface area contributed by atoms with E-state index in [0.29, 0.717) is 12.9 Å². The summed E-state index contributed by atoms with van der Waals surface area (Å²) in [6, 6.07) is 12.4. The molecule has 0 aliphatic heterocycles. The molecule has 0 saturated carbocycles. The predicted octanol–water partition coefficient (Wildman–Crippen LogP) is 4.93. The molecular weight excluding hydrogens is 218 g/mol. The van der Waals surface area contributed by atoms with Crippen LogP contribution in [0.25, 0.3) is 10.8 Å². The molecule has 2 aromatic carbocycles. The molecule has 0 bridgehead atoms. The Hall–Kier alpha value is -1.50. The van der Waals surface area contributed by atoms with Gasteiger partial charge in [-0.15, -0.1) is 0 Å². The Morgan fingerprint density at radius 2 is 2.00 bits per heavy atom. The number of anilines is 1. The van der Waals surface area contributed by atoms with Crippen molar-refractivity contribution in [2.75, 3.05) is 11.9 Å². The topological polar surface area (TPSA) is 12.0 Å². The van der Waals surface area contributed by atoms with Gasteiger partial charge in [-0.05, 0) is 22.8 Å². The first-order chi connectivity index (χ1) is 9.43. The van der Waals surface area contributed by atoms with Crippen LogP contribution < -0.4 is 5.32 Å². The third kappa shape index (κ3) is 2.84. The van der Waals surface area contributed by atoms with E-state index in [1.807, 2.05) is 36.4 Å². The highest BCUT2D eigenvalue weighted by atomic mass is 14.9. The van der Waals surface area contributed by atoms with Crippen molar-refractivity contribution in [3.63, 3.8) is 0 Å². The maximum Gasteiger partial charge on any atom is 0.0630 e. The van der Waals surface area contributed by atoms with Gasteiger partial charge in [-0.25, -0.2) is 0 Å². The second kappa shape index (κ2) is 5.01. The van der Waals surface area contributed by atoms with E-state index >= 15 is 0 Å². The quantitative estimate of drug-likeness (QED) is 0.805. The van der Waals surface area contributed by atoms with E-state index in [2.05, 4.69) is 26.1 Å². The third-order valence-electron chi connectivity index (χ3n) is 3.46. The van der Waals surface area contributed by atoms with E-state index in [-0.39, 0.29) is 11.3 Å². The van der Waals surface area contributed by atoms with Gasteiger partial charge in [0.1, 0.15) is 0 Å². The fourth-order valence-corrected chi connectivity index (χ4v) is 1.84. The number of fused-ring (bicyclic) bond motifs is 1. The molecule has 1 atom stereocenters. The van der Waals surface area contributed by atoms with Gasteiger partial charge in [0.25, 0.3) is 0 Å². The standard InChI is InChI=1S/C17H23N/c1-13(17(2,3)4)12-18-16-11-7-9-14-8-5-6-10-15(14)16/h5-11,13,18H,12H2,1-4H3/i1D,10D. The third-order valence-corrected chi connectivity index (χ3v) is 3.46. The van der Waals surface area contributed by atoms with Gasteiger partial charge < -0.3 is 5.32 Å². The van der Waals surface area contributed by atoms with Crippen molar-refractivity contribution in [3.05, 3.63) is 42.4 Å². The molecule has 0 fully saturated rings. The molecule has 1 unspecified atom stereocenters. The fraction of sp³-hybridized carbons (Fsp3) is 0.412. The summed E-state index contributed by atoms with van der Waals surface area (Å²) in [5.74, 6) is 0.288. The van der Waals surface area contributed by atoms with Crippen LogP contribution in [-0.4, -0.2) is 6.54 Å². The second-order valence-corrected chi connectivity index (χ2v) is 5.88. The van der Waals surface area contributed by atoms with Crippen LogP contribution in [0.1, 0.15) is 30.4 Å². The molecule has 96 valence electrons. The van der Waals surface area contributed by atoms with Gasteiger partial charge in [0.15, 0.2) is 0 Å². The highest BCUT2D eigenvalue weighted by molar-refractivity contribution is 5.93. The minimum absolute atomic E-state index is 0.114. The van der Waals surface area contributed by atoms with Crippen LogP contribution >= 0.6 is 0 Å². The Morgan fingerprint density at radius 3 is 2.72 bits per heavy atom. The van der Waals surface area contributed by atoms with Gasteiger partial charge in [0.2, 0.25) is 0 Å². The van der Waals surface area contributed by atoms with E-state index in [1.54, 1.807) is 0 Å². The van der Waals surface area contributed by atoms with Crippen LogP contribution in [0.15, 0.2) is 42.4 Å². The summed E-state index contributed by atoms with van der Waals surface area (Å²) in [6.07, 6.45) is 0. The van der Waals surface area contributed by atoms with E-state index < -0.39 is 0 Å². The molecule has 1 heteroatoms. The number of rotatable bonds is 3. The Kier molecular flexibility index (Phi) is 2.90. The highest BCUT2D eigenvalue weighted by Crippen LogP contribution is 2.27. The van der Waals surface area contributed by atoms with Crippen LogP contribution in [0.4, 0.5) is 5.69 Å². The number of hydrogen-bond acceptors (Lipinski definition) is 1. The summed E-state index contributed by atoms with van der Waals surface area (Å²) in [5.41, 5.74) is 1.11. The molecule has 0 aliphatic carbocycles. The van der Waals surface area contributed by atoms with E-state index in [9.17, 15) is 0 Å². The zero-order chi connectivity index (χ0) is 14.8. The van der Waals surface area contributed by atoms with Crippen LogP contribution in [0.5, 0.6) is 0 Å². The van der Waals surface area contributed by atoms with Crippen molar-refractivity contribution >= 4 is 16.5 Å². The second-order valence-electron chi connectivity index (χ2n) is 5.88. The molecule has 0 aliphatic rings. The molecule has 0 aromatic heterocycles.